The lowest BCUT2D eigenvalue weighted by Crippen LogP contribution is -2.11. The molecule has 0 bridgehead atoms. The number of nitrogens with zero attached hydrogens (tertiary/aromatic N) is 1. The molecule has 0 aliphatic rings. The Bertz CT molecular complexity index is 3240. The van der Waals surface area contributed by atoms with Crippen molar-refractivity contribution >= 4 is 81.3 Å². The molecule has 0 radical (unpaired) electrons. The van der Waals surface area contributed by atoms with Crippen molar-refractivity contribution in [3.8, 4) is 33.4 Å². The van der Waals surface area contributed by atoms with Crippen molar-refractivity contribution in [2.24, 2.45) is 0 Å². The number of anilines is 3. The van der Waals surface area contributed by atoms with Crippen LogP contribution in [0.5, 0.6) is 0 Å². The van der Waals surface area contributed by atoms with Gasteiger partial charge < -0.3 is 9.32 Å². The molecule has 3 heteroatoms. The van der Waals surface area contributed by atoms with E-state index < -0.39 is 0 Å². The van der Waals surface area contributed by atoms with E-state index in [1.165, 1.54) is 53.2 Å². The summed E-state index contributed by atoms with van der Waals surface area (Å²) in [6.45, 7) is 0. The minimum Gasteiger partial charge on any atom is -0.456 e. The summed E-state index contributed by atoms with van der Waals surface area (Å²) in [5.41, 5.74) is 12.1. The maximum atomic E-state index is 6.32. The Balaban J connectivity index is 1.10. The van der Waals surface area contributed by atoms with Crippen LogP contribution in [0, 0.1) is 0 Å². The van der Waals surface area contributed by atoms with E-state index in [4.69, 9.17) is 4.42 Å². The van der Waals surface area contributed by atoms with Gasteiger partial charge in [-0.05, 0) is 105 Å². The minimum atomic E-state index is 0.894. The number of thiophene rings is 1. The van der Waals surface area contributed by atoms with Crippen LogP contribution >= 0.6 is 11.3 Å². The van der Waals surface area contributed by atoms with E-state index >= 15 is 0 Å². The SMILES string of the molecule is c1cc(-c2ccc3c(c2)oc2ccccc23)cc(N(c2cccc(-c3ccc4sc5ccccc5c4c3)c2)c2ccccc2-c2cccc3ccccc23)c1. The first-order chi connectivity index (χ1) is 27.2. The van der Waals surface area contributed by atoms with Crippen LogP contribution in [-0.2, 0) is 0 Å². The maximum absolute atomic E-state index is 6.32. The Morgan fingerprint density at radius 1 is 0.345 bits per heavy atom. The predicted molar refractivity (Wildman–Crippen MR) is 235 cm³/mol. The minimum absolute atomic E-state index is 0.894. The Kier molecular flexibility index (Phi) is 7.39. The number of para-hydroxylation sites is 2. The fourth-order valence-electron chi connectivity index (χ4n) is 8.24. The van der Waals surface area contributed by atoms with Crippen molar-refractivity contribution < 1.29 is 4.42 Å². The summed E-state index contributed by atoms with van der Waals surface area (Å²) in [5, 5.41) is 7.34. The first-order valence-electron chi connectivity index (χ1n) is 18.7. The van der Waals surface area contributed by atoms with E-state index in [9.17, 15) is 0 Å². The molecule has 2 heterocycles. The van der Waals surface area contributed by atoms with Gasteiger partial charge in [-0.15, -0.1) is 11.3 Å². The van der Waals surface area contributed by atoms with Gasteiger partial charge in [-0.1, -0.05) is 133 Å². The number of benzene rings is 9. The third-order valence-electron chi connectivity index (χ3n) is 10.9. The van der Waals surface area contributed by atoms with Crippen molar-refractivity contribution in [3.05, 3.63) is 200 Å². The van der Waals surface area contributed by atoms with Gasteiger partial charge in [0.15, 0.2) is 0 Å². The molecule has 258 valence electrons. The van der Waals surface area contributed by atoms with Crippen LogP contribution in [0.15, 0.2) is 205 Å². The number of hydrogen-bond donors (Lipinski definition) is 0. The predicted octanol–water partition coefficient (Wildman–Crippen LogP) is 15.6. The molecular weight excluding hydrogens is 687 g/mol. The van der Waals surface area contributed by atoms with Gasteiger partial charge in [0.05, 0.1) is 5.69 Å². The molecule has 11 aromatic rings. The molecule has 0 fully saturated rings. The molecule has 0 atom stereocenters. The fourth-order valence-corrected chi connectivity index (χ4v) is 9.33. The van der Waals surface area contributed by atoms with Gasteiger partial charge in [-0.2, -0.15) is 0 Å². The molecule has 9 aromatic carbocycles. The Hall–Kier alpha value is -6.94. The maximum Gasteiger partial charge on any atom is 0.136 e. The van der Waals surface area contributed by atoms with Gasteiger partial charge in [0.2, 0.25) is 0 Å². The van der Waals surface area contributed by atoms with Crippen LogP contribution in [0.2, 0.25) is 0 Å². The highest BCUT2D eigenvalue weighted by molar-refractivity contribution is 7.25. The summed E-state index contributed by atoms with van der Waals surface area (Å²) in [6.07, 6.45) is 0. The van der Waals surface area contributed by atoms with Crippen LogP contribution < -0.4 is 4.90 Å². The fraction of sp³-hybridized carbons (Fsp3) is 0. The smallest absolute Gasteiger partial charge is 0.136 e. The zero-order chi connectivity index (χ0) is 36.3. The summed E-state index contributed by atoms with van der Waals surface area (Å²) in [6, 6.07) is 72.4. The molecule has 0 spiro atoms. The molecule has 2 aromatic heterocycles. The monoisotopic (exact) mass is 719 g/mol. The number of furan rings is 1. The van der Waals surface area contributed by atoms with Gasteiger partial charge in [0.25, 0.3) is 0 Å². The molecule has 0 saturated heterocycles. The van der Waals surface area contributed by atoms with E-state index in [-0.39, 0.29) is 0 Å². The number of hydrogen-bond acceptors (Lipinski definition) is 3. The van der Waals surface area contributed by atoms with Gasteiger partial charge in [0.1, 0.15) is 11.2 Å². The van der Waals surface area contributed by atoms with Crippen molar-refractivity contribution in [1.29, 1.82) is 0 Å². The standard InChI is InChI=1S/C52H33NOS/c1-2-18-41-34(12-1)13-11-22-42(41)43-19-3-6-23-48(43)53(39-16-9-14-35(30-39)37-27-29-52-47(32-37)46-21-5-8-25-51(46)55-52)40-17-10-15-36(31-40)38-26-28-45-44-20-4-7-24-49(44)54-50(45)33-38/h1-33H. The lowest BCUT2D eigenvalue weighted by molar-refractivity contribution is 0.669. The topological polar surface area (TPSA) is 16.4 Å². The molecule has 2 nitrogen and oxygen atoms in total. The lowest BCUT2D eigenvalue weighted by Gasteiger charge is -2.29. The number of fused-ring (bicyclic) bond motifs is 7. The third-order valence-corrected chi connectivity index (χ3v) is 12.0. The molecule has 0 saturated carbocycles. The highest BCUT2D eigenvalue weighted by Crippen LogP contribution is 2.45. The van der Waals surface area contributed by atoms with Gasteiger partial charge in [-0.25, -0.2) is 0 Å². The van der Waals surface area contributed by atoms with Crippen molar-refractivity contribution in [3.63, 3.8) is 0 Å². The summed E-state index contributed by atoms with van der Waals surface area (Å²) in [7, 11) is 0. The average molecular weight is 720 g/mol. The second-order valence-electron chi connectivity index (χ2n) is 14.1. The summed E-state index contributed by atoms with van der Waals surface area (Å²) >= 11 is 1.86. The van der Waals surface area contributed by atoms with Crippen LogP contribution in [0.3, 0.4) is 0 Å². The normalized spacial score (nSPS) is 11.6. The molecule has 0 unspecified atom stereocenters. The zero-order valence-electron chi connectivity index (χ0n) is 29.8. The summed E-state index contributed by atoms with van der Waals surface area (Å²) in [5.74, 6) is 0. The molecule has 55 heavy (non-hydrogen) atoms. The van der Waals surface area contributed by atoms with Crippen molar-refractivity contribution in [2.75, 3.05) is 4.90 Å². The van der Waals surface area contributed by atoms with E-state index in [0.29, 0.717) is 0 Å². The van der Waals surface area contributed by atoms with Gasteiger partial charge in [0, 0.05) is 47.9 Å². The van der Waals surface area contributed by atoms with E-state index in [2.05, 4.69) is 193 Å². The van der Waals surface area contributed by atoms with Crippen LogP contribution in [0.4, 0.5) is 17.1 Å². The highest BCUT2D eigenvalue weighted by atomic mass is 32.1. The molecule has 11 rings (SSSR count). The molecular formula is C52H33NOS. The summed E-state index contributed by atoms with van der Waals surface area (Å²) in [4.78, 5) is 2.42. The Morgan fingerprint density at radius 2 is 0.927 bits per heavy atom. The van der Waals surface area contributed by atoms with Crippen molar-refractivity contribution in [2.45, 2.75) is 0 Å². The van der Waals surface area contributed by atoms with Crippen LogP contribution in [-0.4, -0.2) is 0 Å². The first-order valence-corrected chi connectivity index (χ1v) is 19.5. The average Bonchev–Trinajstić information content (AvgIpc) is 3.82. The zero-order valence-corrected chi connectivity index (χ0v) is 30.6. The first kappa shape index (κ1) is 31.6. The molecule has 0 aliphatic heterocycles. The van der Waals surface area contributed by atoms with Crippen molar-refractivity contribution in [1.82, 2.24) is 0 Å². The quantitative estimate of drug-likeness (QED) is 0.170. The second-order valence-corrected chi connectivity index (χ2v) is 15.2. The molecule has 0 N–H and O–H groups in total. The van der Waals surface area contributed by atoms with Gasteiger partial charge >= 0.3 is 0 Å². The highest BCUT2D eigenvalue weighted by Gasteiger charge is 2.20. The van der Waals surface area contributed by atoms with Crippen LogP contribution in [0.25, 0.3) is 86.3 Å². The van der Waals surface area contributed by atoms with E-state index in [1.54, 1.807) is 0 Å². The van der Waals surface area contributed by atoms with Gasteiger partial charge in [-0.3, -0.25) is 0 Å². The molecule has 0 aliphatic carbocycles. The number of rotatable bonds is 6. The van der Waals surface area contributed by atoms with Crippen LogP contribution in [0.1, 0.15) is 0 Å². The Labute approximate surface area is 322 Å². The largest absolute Gasteiger partial charge is 0.456 e. The molecule has 0 amide bonds. The second kappa shape index (κ2) is 12.9. The lowest BCUT2D eigenvalue weighted by atomic mass is 9.95. The van der Waals surface area contributed by atoms with E-state index in [1.807, 2.05) is 23.5 Å². The third kappa shape index (κ3) is 5.40. The summed E-state index contributed by atoms with van der Waals surface area (Å²) < 4.78 is 8.95. The Morgan fingerprint density at radius 3 is 1.78 bits per heavy atom. The van der Waals surface area contributed by atoms with E-state index in [0.717, 1.165) is 50.1 Å².